The van der Waals surface area contributed by atoms with Crippen LogP contribution in [0.5, 0.6) is 0 Å². The summed E-state index contributed by atoms with van der Waals surface area (Å²) in [4.78, 5) is 14.1. The lowest BCUT2D eigenvalue weighted by molar-refractivity contribution is -0.129. The molecule has 0 atom stereocenters. The van der Waals surface area contributed by atoms with Gasteiger partial charge in [0, 0.05) is 19.6 Å². The maximum atomic E-state index is 12.2. The van der Waals surface area contributed by atoms with Gasteiger partial charge in [-0.25, -0.2) is 0 Å². The minimum Gasteiger partial charge on any atom is -0.348 e. The highest BCUT2D eigenvalue weighted by Crippen LogP contribution is 2.33. The van der Waals surface area contributed by atoms with Gasteiger partial charge in [-0.2, -0.15) is 11.1 Å². The van der Waals surface area contributed by atoms with Crippen LogP contribution in [0.25, 0.3) is 0 Å². The fourth-order valence-corrected chi connectivity index (χ4v) is 38.4. The van der Waals surface area contributed by atoms with E-state index in [-0.39, 0.29) is 5.91 Å². The average Bonchev–Trinajstić information content (AvgIpc) is 2.22. The van der Waals surface area contributed by atoms with E-state index in [2.05, 4.69) is 46.2 Å². The molecule has 0 aliphatic carbocycles. The lowest BCUT2D eigenvalue weighted by Gasteiger charge is -2.46. The Hall–Kier alpha value is 0.411. The molecule has 0 saturated heterocycles. The van der Waals surface area contributed by atoms with Crippen LogP contribution < -0.4 is 0 Å². The van der Waals surface area contributed by atoms with E-state index < -0.39 is 21.6 Å². The fourth-order valence-electron chi connectivity index (χ4n) is 2.53. The summed E-state index contributed by atoms with van der Waals surface area (Å²) in [6, 6.07) is 0. The van der Waals surface area contributed by atoms with Crippen molar-refractivity contribution in [2.45, 2.75) is 65.5 Å². The Kier molecular flexibility index (Phi) is 7.06. The molecule has 0 fully saturated rings. The van der Waals surface area contributed by atoms with Gasteiger partial charge in [-0.1, -0.05) is 52.6 Å². The molecule has 2 nitrogen and oxygen atoms in total. The van der Waals surface area contributed by atoms with E-state index in [1.165, 1.54) is 0 Å². The van der Waals surface area contributed by atoms with Crippen LogP contribution in [0.4, 0.5) is 0 Å². The van der Waals surface area contributed by atoms with Crippen LogP contribution in [0.1, 0.15) is 26.2 Å². The number of nitrogens with zero attached hydrogens (tertiary/aromatic N) is 1. The minimum absolute atomic E-state index is 0.274. The second-order valence-corrected chi connectivity index (χ2v) is 38.0. The van der Waals surface area contributed by atoms with Crippen molar-refractivity contribution in [3.8, 4) is 0 Å². The Labute approximate surface area is 127 Å². The Bertz CT molecular complexity index is 296. The van der Waals surface area contributed by atoms with Crippen molar-refractivity contribution in [2.75, 3.05) is 13.2 Å². The van der Waals surface area contributed by atoms with Crippen LogP contribution in [0.3, 0.4) is 0 Å². The summed E-state index contributed by atoms with van der Waals surface area (Å²) in [6.07, 6.45) is 1.72. The highest BCUT2D eigenvalue weighted by Gasteiger charge is 2.54. The molecule has 0 saturated carbocycles. The van der Waals surface area contributed by atoms with Crippen LogP contribution in [-0.2, 0) is 4.79 Å². The molecule has 0 N–H and O–H groups in total. The smallest absolute Gasteiger partial charge is 0.222 e. The van der Waals surface area contributed by atoms with Gasteiger partial charge in [0.25, 0.3) is 0 Å². The van der Waals surface area contributed by atoms with Crippen molar-refractivity contribution in [1.82, 2.24) is 4.90 Å². The van der Waals surface area contributed by atoms with Crippen molar-refractivity contribution < 1.29 is 4.79 Å². The summed E-state index contributed by atoms with van der Waals surface area (Å²) >= 11 is 7.23. The van der Waals surface area contributed by atoms with Gasteiger partial charge in [0.2, 0.25) is 5.91 Å². The molecule has 0 bridgehead atoms. The Balaban J connectivity index is 5.01. The molecule has 114 valence electrons. The van der Waals surface area contributed by atoms with Crippen molar-refractivity contribution in [1.29, 1.82) is 0 Å². The SMILES string of the molecule is CCCCC(=O)N(C)C[Si](Cl)([Si](C)(C)C)[Si](C)(C)C. The molecule has 0 aromatic rings. The Morgan fingerprint density at radius 1 is 1.05 bits per heavy atom. The van der Waals surface area contributed by atoms with Gasteiger partial charge < -0.3 is 4.90 Å². The van der Waals surface area contributed by atoms with E-state index in [0.29, 0.717) is 6.42 Å². The maximum absolute atomic E-state index is 12.2. The van der Waals surface area contributed by atoms with Crippen LogP contribution in [-0.4, -0.2) is 45.6 Å². The first kappa shape index (κ1) is 19.4. The zero-order valence-electron chi connectivity index (χ0n) is 14.1. The fraction of sp³-hybridized carbons (Fsp3) is 0.923. The van der Waals surface area contributed by atoms with Crippen LogP contribution >= 0.6 is 11.1 Å². The monoisotopic (exact) mass is 337 g/mol. The van der Waals surface area contributed by atoms with Gasteiger partial charge in [-0.05, 0) is 6.42 Å². The third-order valence-electron chi connectivity index (χ3n) is 4.00. The number of unbranched alkanes of at least 4 members (excludes halogenated alkanes) is 1. The molecule has 0 radical (unpaired) electrons. The molecule has 19 heavy (non-hydrogen) atoms. The number of amides is 1. The number of carbonyl (C=O) groups excluding carboxylic acids is 1. The zero-order chi connectivity index (χ0) is 15.5. The van der Waals surface area contributed by atoms with Crippen molar-refractivity contribution in [2.24, 2.45) is 0 Å². The largest absolute Gasteiger partial charge is 0.348 e. The molecule has 0 aliphatic heterocycles. The van der Waals surface area contributed by atoms with E-state index in [4.69, 9.17) is 11.1 Å². The Morgan fingerprint density at radius 2 is 1.47 bits per heavy atom. The van der Waals surface area contributed by atoms with Crippen molar-refractivity contribution in [3.63, 3.8) is 0 Å². The summed E-state index contributed by atoms with van der Waals surface area (Å²) < 4.78 is 0. The second kappa shape index (κ2) is 6.91. The van der Waals surface area contributed by atoms with Gasteiger partial charge in [0.15, 0.2) is 6.42 Å². The molecular formula is C13H32ClNOSi3. The zero-order valence-corrected chi connectivity index (χ0v) is 17.8. The molecule has 1 amide bonds. The number of hydrogen-bond donors (Lipinski definition) is 0. The highest BCUT2D eigenvalue weighted by atomic mass is 35.6. The molecule has 6 heteroatoms. The molecular weight excluding hydrogens is 306 g/mol. The summed E-state index contributed by atoms with van der Waals surface area (Å²) in [5, 5.41) is 0. The highest BCUT2D eigenvalue weighted by molar-refractivity contribution is 7.82. The topological polar surface area (TPSA) is 20.3 Å². The van der Waals surface area contributed by atoms with E-state index in [1.54, 1.807) is 0 Å². The molecule has 0 aliphatic rings. The lowest BCUT2D eigenvalue weighted by Crippen LogP contribution is -2.72. The molecule has 0 heterocycles. The van der Waals surface area contributed by atoms with E-state index in [0.717, 1.165) is 19.0 Å². The first-order valence-electron chi connectivity index (χ1n) is 7.29. The standard InChI is InChI=1S/C13H32ClNOSi3/c1-9-10-11-13(16)15(2)12-19(14,17(3,4)5)18(6,7)8/h9-12H2,1-8H3. The first-order chi connectivity index (χ1) is 8.37. The van der Waals surface area contributed by atoms with Gasteiger partial charge >= 0.3 is 0 Å². The number of rotatable bonds is 7. The maximum Gasteiger partial charge on any atom is 0.222 e. The summed E-state index contributed by atoms with van der Waals surface area (Å²) in [6.45, 7) is 16.4. The number of halogens is 1. The quantitative estimate of drug-likeness (QED) is 0.503. The molecule has 0 aromatic heterocycles. The van der Waals surface area contributed by atoms with E-state index in [9.17, 15) is 4.79 Å². The van der Waals surface area contributed by atoms with Crippen LogP contribution in [0.15, 0.2) is 0 Å². The third kappa shape index (κ3) is 5.03. The van der Waals surface area contributed by atoms with Crippen LogP contribution in [0.2, 0.25) is 39.3 Å². The number of carbonyl (C=O) groups is 1. The van der Waals surface area contributed by atoms with E-state index in [1.807, 2.05) is 11.9 Å². The third-order valence-corrected chi connectivity index (χ3v) is 48.9. The van der Waals surface area contributed by atoms with Gasteiger partial charge in [-0.3, -0.25) is 4.79 Å². The molecule has 0 aromatic carbocycles. The second-order valence-electron chi connectivity index (χ2n) is 7.65. The van der Waals surface area contributed by atoms with E-state index >= 15 is 0 Å². The van der Waals surface area contributed by atoms with Crippen molar-refractivity contribution in [3.05, 3.63) is 0 Å². The normalized spacial score (nSPS) is 13.5. The Morgan fingerprint density at radius 3 is 1.79 bits per heavy atom. The van der Waals surface area contributed by atoms with Crippen LogP contribution in [0, 0.1) is 0 Å². The predicted octanol–water partition coefficient (Wildman–Crippen LogP) is 4.19. The van der Waals surface area contributed by atoms with Crippen molar-refractivity contribution >= 4 is 38.6 Å². The molecule has 0 rings (SSSR count). The molecule has 0 unspecified atom stereocenters. The first-order valence-corrected chi connectivity index (χ1v) is 19.5. The summed E-state index contributed by atoms with van der Waals surface area (Å²) in [5.74, 6) is 0.274. The predicted molar refractivity (Wildman–Crippen MR) is 95.5 cm³/mol. The summed E-state index contributed by atoms with van der Waals surface area (Å²) in [7, 11) is -0.881. The number of hydrogen-bond acceptors (Lipinski definition) is 1. The van der Waals surface area contributed by atoms with Gasteiger partial charge in [0.1, 0.15) is 0 Å². The lowest BCUT2D eigenvalue weighted by atomic mass is 10.2. The van der Waals surface area contributed by atoms with Gasteiger partial charge in [0.05, 0.1) is 15.2 Å². The molecule has 0 spiro atoms. The average molecular weight is 338 g/mol. The van der Waals surface area contributed by atoms with Gasteiger partial charge in [-0.15, -0.1) is 0 Å². The summed E-state index contributed by atoms with van der Waals surface area (Å²) in [5.41, 5.74) is 0. The minimum atomic E-state index is -1.86.